The second-order valence-electron chi connectivity index (χ2n) is 4.66. The Hall–Kier alpha value is -1.80. The average molecular weight is 281 g/mol. The summed E-state index contributed by atoms with van der Waals surface area (Å²) in [5, 5.41) is 8.84. The third-order valence-corrected chi connectivity index (χ3v) is 2.62. The van der Waals surface area contributed by atoms with Crippen LogP contribution >= 0.6 is 11.6 Å². The van der Waals surface area contributed by atoms with Crippen LogP contribution in [0.25, 0.3) is 0 Å². The fourth-order valence-electron chi connectivity index (χ4n) is 1.72. The lowest BCUT2D eigenvalue weighted by molar-refractivity contribution is 0.0740. The summed E-state index contributed by atoms with van der Waals surface area (Å²) in [4.78, 5) is 17.8. The molecule has 0 aliphatic carbocycles. The maximum atomic E-state index is 12.4. The molecular formula is C13H17ClN4O. The summed E-state index contributed by atoms with van der Waals surface area (Å²) in [6, 6.07) is 5.02. The Kier molecular flexibility index (Phi) is 5.58. The fourth-order valence-corrected chi connectivity index (χ4v) is 1.94. The van der Waals surface area contributed by atoms with Crippen LogP contribution in [0.15, 0.2) is 12.1 Å². The van der Waals surface area contributed by atoms with Gasteiger partial charge in [0.05, 0.1) is 12.5 Å². The van der Waals surface area contributed by atoms with Gasteiger partial charge in [0.2, 0.25) is 0 Å². The molecule has 0 aliphatic heterocycles. The molecule has 0 fully saturated rings. The van der Waals surface area contributed by atoms with Crippen molar-refractivity contribution in [1.29, 1.82) is 5.26 Å². The molecule has 6 heteroatoms. The minimum atomic E-state index is -0.181. The van der Waals surface area contributed by atoms with Gasteiger partial charge in [-0.05, 0) is 18.1 Å². The predicted molar refractivity (Wildman–Crippen MR) is 74.6 cm³/mol. The van der Waals surface area contributed by atoms with E-state index >= 15 is 0 Å². The average Bonchev–Trinajstić information content (AvgIpc) is 2.32. The van der Waals surface area contributed by atoms with E-state index in [9.17, 15) is 4.79 Å². The number of pyridine rings is 1. The van der Waals surface area contributed by atoms with Crippen LogP contribution in [-0.2, 0) is 0 Å². The quantitative estimate of drug-likeness (QED) is 0.839. The second-order valence-corrected chi connectivity index (χ2v) is 5.04. The molecule has 102 valence electrons. The van der Waals surface area contributed by atoms with Crippen LogP contribution < -0.4 is 5.73 Å². The smallest absolute Gasteiger partial charge is 0.254 e. The molecule has 0 unspecified atom stereocenters. The first-order valence-corrected chi connectivity index (χ1v) is 6.41. The van der Waals surface area contributed by atoms with Crippen LogP contribution in [0, 0.1) is 17.2 Å². The van der Waals surface area contributed by atoms with Gasteiger partial charge in [-0.2, -0.15) is 5.26 Å². The van der Waals surface area contributed by atoms with Gasteiger partial charge in [-0.1, -0.05) is 25.4 Å². The van der Waals surface area contributed by atoms with Gasteiger partial charge >= 0.3 is 0 Å². The number of nitrogens with two attached hydrogens (primary N) is 1. The van der Waals surface area contributed by atoms with Gasteiger partial charge < -0.3 is 10.6 Å². The van der Waals surface area contributed by atoms with Crippen molar-refractivity contribution in [3.8, 4) is 6.07 Å². The molecule has 0 aliphatic rings. The molecule has 1 rings (SSSR count). The van der Waals surface area contributed by atoms with Crippen molar-refractivity contribution >= 4 is 23.3 Å². The number of nitrogen functional groups attached to an aromatic ring is 1. The highest BCUT2D eigenvalue weighted by molar-refractivity contribution is 6.29. The largest absolute Gasteiger partial charge is 0.384 e. The number of anilines is 1. The van der Waals surface area contributed by atoms with Gasteiger partial charge in [-0.3, -0.25) is 4.79 Å². The molecule has 0 saturated carbocycles. The number of carbonyl (C=O) groups excluding carboxylic acids is 1. The molecule has 0 radical (unpaired) electrons. The molecule has 1 amide bonds. The van der Waals surface area contributed by atoms with E-state index in [1.165, 1.54) is 12.1 Å². The fraction of sp³-hybridized carbons (Fsp3) is 0.462. The Balaban J connectivity index is 2.94. The van der Waals surface area contributed by atoms with Gasteiger partial charge in [0.15, 0.2) is 0 Å². The molecule has 5 nitrogen and oxygen atoms in total. The van der Waals surface area contributed by atoms with Crippen LogP contribution in [-0.4, -0.2) is 28.9 Å². The number of nitriles is 1. The first-order valence-electron chi connectivity index (χ1n) is 6.03. The third kappa shape index (κ3) is 4.76. The van der Waals surface area contributed by atoms with E-state index < -0.39 is 0 Å². The van der Waals surface area contributed by atoms with E-state index in [4.69, 9.17) is 22.6 Å². The summed E-state index contributed by atoms with van der Waals surface area (Å²) in [7, 11) is 0. The van der Waals surface area contributed by atoms with E-state index in [0.29, 0.717) is 31.0 Å². The van der Waals surface area contributed by atoms with Crippen LogP contribution in [0.5, 0.6) is 0 Å². The van der Waals surface area contributed by atoms with Crippen molar-refractivity contribution < 1.29 is 4.79 Å². The lowest BCUT2D eigenvalue weighted by Gasteiger charge is -2.23. The highest BCUT2D eigenvalue weighted by Gasteiger charge is 2.17. The lowest BCUT2D eigenvalue weighted by Crippen LogP contribution is -2.35. The molecule has 0 spiro atoms. The third-order valence-electron chi connectivity index (χ3n) is 2.43. The number of amides is 1. The number of carbonyl (C=O) groups is 1. The van der Waals surface area contributed by atoms with Crippen LogP contribution in [0.3, 0.4) is 0 Å². The zero-order valence-electron chi connectivity index (χ0n) is 11.1. The van der Waals surface area contributed by atoms with Gasteiger partial charge in [0.1, 0.15) is 11.0 Å². The van der Waals surface area contributed by atoms with Crippen molar-refractivity contribution in [2.45, 2.75) is 20.3 Å². The molecule has 0 bridgehead atoms. The first kappa shape index (κ1) is 15.3. The molecule has 0 atom stereocenters. The molecule has 1 aromatic heterocycles. The molecule has 2 N–H and O–H groups in total. The van der Waals surface area contributed by atoms with Crippen molar-refractivity contribution in [3.63, 3.8) is 0 Å². The summed E-state index contributed by atoms with van der Waals surface area (Å²) in [5.74, 6) is 0.345. The minimum Gasteiger partial charge on any atom is -0.384 e. The summed E-state index contributed by atoms with van der Waals surface area (Å²) in [6.07, 6.45) is 0.298. The number of aromatic nitrogens is 1. The van der Waals surface area contributed by atoms with E-state index in [2.05, 4.69) is 4.98 Å². The van der Waals surface area contributed by atoms with Crippen LogP contribution in [0.4, 0.5) is 5.82 Å². The summed E-state index contributed by atoms with van der Waals surface area (Å²) in [6.45, 7) is 5.01. The Labute approximate surface area is 118 Å². The maximum Gasteiger partial charge on any atom is 0.254 e. The Morgan fingerprint density at radius 1 is 1.58 bits per heavy atom. The molecule has 0 saturated heterocycles. The number of hydrogen-bond acceptors (Lipinski definition) is 4. The Morgan fingerprint density at radius 3 is 2.79 bits per heavy atom. The monoisotopic (exact) mass is 280 g/mol. The second kappa shape index (κ2) is 6.95. The van der Waals surface area contributed by atoms with E-state index in [1.807, 2.05) is 19.9 Å². The number of nitrogens with zero attached hydrogens (tertiary/aromatic N) is 3. The van der Waals surface area contributed by atoms with Gasteiger partial charge in [-0.15, -0.1) is 0 Å². The highest BCUT2D eigenvalue weighted by atomic mass is 35.5. The summed E-state index contributed by atoms with van der Waals surface area (Å²) < 4.78 is 0. The van der Waals surface area contributed by atoms with Gasteiger partial charge in [0.25, 0.3) is 5.91 Å². The highest BCUT2D eigenvalue weighted by Crippen LogP contribution is 2.15. The number of halogens is 1. The standard InChI is InChI=1S/C13H17ClN4O/c1-9(2)8-18(5-3-4-15)13(19)10-6-11(14)17-12(16)7-10/h6-7,9H,3,5,8H2,1-2H3,(H2,16,17). The molecule has 19 heavy (non-hydrogen) atoms. The van der Waals surface area contributed by atoms with Crippen molar-refractivity contribution in [1.82, 2.24) is 9.88 Å². The Bertz CT molecular complexity index is 476. The zero-order chi connectivity index (χ0) is 14.4. The molecular weight excluding hydrogens is 264 g/mol. The first-order chi connectivity index (χ1) is 8.93. The zero-order valence-corrected chi connectivity index (χ0v) is 11.8. The van der Waals surface area contributed by atoms with Gasteiger partial charge in [0, 0.05) is 18.7 Å². The topological polar surface area (TPSA) is 83.0 Å². The van der Waals surface area contributed by atoms with Crippen molar-refractivity contribution in [3.05, 3.63) is 22.8 Å². The van der Waals surface area contributed by atoms with E-state index in [1.54, 1.807) is 4.90 Å². The SMILES string of the molecule is CC(C)CN(CCC#N)C(=O)c1cc(N)nc(Cl)c1. The van der Waals surface area contributed by atoms with Crippen LogP contribution in [0.2, 0.25) is 5.15 Å². The lowest BCUT2D eigenvalue weighted by atomic mass is 10.1. The maximum absolute atomic E-state index is 12.4. The Morgan fingerprint density at radius 2 is 2.26 bits per heavy atom. The van der Waals surface area contributed by atoms with E-state index in [0.717, 1.165) is 0 Å². The summed E-state index contributed by atoms with van der Waals surface area (Å²) in [5.41, 5.74) is 5.98. The van der Waals surface area contributed by atoms with E-state index in [-0.39, 0.29) is 16.9 Å². The van der Waals surface area contributed by atoms with Crippen LogP contribution in [0.1, 0.15) is 30.6 Å². The molecule has 1 aromatic rings. The van der Waals surface area contributed by atoms with Crippen molar-refractivity contribution in [2.75, 3.05) is 18.8 Å². The predicted octanol–water partition coefficient (Wildman–Crippen LogP) is 2.33. The van der Waals surface area contributed by atoms with Crippen molar-refractivity contribution in [2.24, 2.45) is 5.92 Å². The summed E-state index contributed by atoms with van der Waals surface area (Å²) >= 11 is 5.79. The minimum absolute atomic E-state index is 0.181. The number of hydrogen-bond donors (Lipinski definition) is 1. The van der Waals surface area contributed by atoms with Gasteiger partial charge in [-0.25, -0.2) is 4.98 Å². The molecule has 0 aromatic carbocycles. The number of rotatable bonds is 5. The normalized spacial score (nSPS) is 10.3. The molecule has 1 heterocycles.